The summed E-state index contributed by atoms with van der Waals surface area (Å²) in [6.07, 6.45) is -0.867. The summed E-state index contributed by atoms with van der Waals surface area (Å²) >= 11 is 0. The van der Waals surface area contributed by atoms with Crippen molar-refractivity contribution >= 4 is 5.97 Å². The van der Waals surface area contributed by atoms with Gasteiger partial charge in [-0.15, -0.1) is 0 Å². The van der Waals surface area contributed by atoms with Gasteiger partial charge in [0, 0.05) is 35.3 Å². The Morgan fingerprint density at radius 2 is 1.80 bits per heavy atom. The minimum atomic E-state index is -4.69. The molecule has 0 amide bonds. The molecule has 2 atom stereocenters. The van der Waals surface area contributed by atoms with Crippen molar-refractivity contribution in [1.82, 2.24) is 19.5 Å². The third-order valence-corrected chi connectivity index (χ3v) is 5.20. The van der Waals surface area contributed by atoms with Crippen molar-refractivity contribution in [2.24, 2.45) is 5.73 Å². The van der Waals surface area contributed by atoms with Crippen molar-refractivity contribution < 1.29 is 27.8 Å². The van der Waals surface area contributed by atoms with Gasteiger partial charge in [-0.25, -0.2) is 15.0 Å². The molecule has 35 heavy (non-hydrogen) atoms. The highest BCUT2D eigenvalue weighted by atomic mass is 19.4. The van der Waals surface area contributed by atoms with Crippen molar-refractivity contribution in [2.45, 2.75) is 24.7 Å². The first-order valence-electron chi connectivity index (χ1n) is 10.4. The van der Waals surface area contributed by atoms with Gasteiger partial charge in [0.05, 0.1) is 12.0 Å². The van der Waals surface area contributed by atoms with Crippen LogP contribution >= 0.6 is 0 Å². The fraction of sp³-hybridized carbons (Fsp3) is 0.167. The van der Waals surface area contributed by atoms with Crippen molar-refractivity contribution in [3.63, 3.8) is 0 Å². The summed E-state index contributed by atoms with van der Waals surface area (Å²) in [6.45, 7) is 0. The van der Waals surface area contributed by atoms with E-state index in [0.717, 1.165) is 6.33 Å². The smallest absolute Gasteiger partial charge is 0.429 e. The number of nitrogens with two attached hydrogens (primary N) is 1. The number of carboxylic acids is 1. The molecular formula is C24H20F3N5O3. The molecule has 11 heteroatoms. The van der Waals surface area contributed by atoms with Crippen LogP contribution in [-0.2, 0) is 11.2 Å². The average molecular weight is 483 g/mol. The lowest BCUT2D eigenvalue weighted by Crippen LogP contribution is -2.32. The van der Waals surface area contributed by atoms with Crippen molar-refractivity contribution in [3.05, 3.63) is 90.8 Å². The van der Waals surface area contributed by atoms with Gasteiger partial charge in [-0.05, 0) is 24.1 Å². The van der Waals surface area contributed by atoms with Gasteiger partial charge in [-0.2, -0.15) is 13.2 Å². The number of benzene rings is 2. The molecule has 0 radical (unpaired) electrons. The zero-order valence-electron chi connectivity index (χ0n) is 18.1. The predicted octanol–water partition coefficient (Wildman–Crippen LogP) is 3.97. The van der Waals surface area contributed by atoms with Gasteiger partial charge in [0.25, 0.3) is 0 Å². The molecule has 180 valence electrons. The molecule has 2 aromatic heterocycles. The first-order valence-corrected chi connectivity index (χ1v) is 10.4. The van der Waals surface area contributed by atoms with Gasteiger partial charge in [-0.3, -0.25) is 4.79 Å². The van der Waals surface area contributed by atoms with Crippen LogP contribution in [0.2, 0.25) is 0 Å². The summed E-state index contributed by atoms with van der Waals surface area (Å²) in [5.74, 6) is -1.35. The number of carbonyl (C=O) groups is 1. The maximum absolute atomic E-state index is 13.9. The number of hydrogen-bond donors (Lipinski definition) is 2. The van der Waals surface area contributed by atoms with E-state index in [2.05, 4.69) is 15.0 Å². The van der Waals surface area contributed by atoms with Crippen LogP contribution < -0.4 is 10.5 Å². The first kappa shape index (κ1) is 23.9. The van der Waals surface area contributed by atoms with Crippen molar-refractivity contribution in [1.29, 1.82) is 0 Å². The van der Waals surface area contributed by atoms with Crippen LogP contribution in [0.4, 0.5) is 13.2 Å². The van der Waals surface area contributed by atoms with E-state index in [0.29, 0.717) is 22.5 Å². The lowest BCUT2D eigenvalue weighted by atomic mass is 10.0. The van der Waals surface area contributed by atoms with E-state index in [1.165, 1.54) is 18.2 Å². The Hall–Kier alpha value is -4.25. The van der Waals surface area contributed by atoms with Crippen LogP contribution in [0.3, 0.4) is 0 Å². The highest BCUT2D eigenvalue weighted by molar-refractivity contribution is 5.73. The van der Waals surface area contributed by atoms with Gasteiger partial charge in [0.2, 0.25) is 12.0 Å². The van der Waals surface area contributed by atoms with Crippen LogP contribution in [0.15, 0.2) is 79.6 Å². The summed E-state index contributed by atoms with van der Waals surface area (Å²) in [7, 11) is 0. The monoisotopic (exact) mass is 483 g/mol. The molecule has 3 N–H and O–H groups in total. The second kappa shape index (κ2) is 9.94. The Bertz CT molecular complexity index is 1280. The Morgan fingerprint density at radius 3 is 2.40 bits per heavy atom. The quantitative estimate of drug-likeness (QED) is 0.390. The minimum absolute atomic E-state index is 0.0827. The minimum Gasteiger partial charge on any atom is -0.480 e. The van der Waals surface area contributed by atoms with Crippen LogP contribution in [0, 0.1) is 0 Å². The number of halogens is 3. The molecule has 0 saturated heterocycles. The molecule has 0 aliphatic rings. The number of aromatic nitrogens is 4. The lowest BCUT2D eigenvalue weighted by Gasteiger charge is -2.22. The van der Waals surface area contributed by atoms with Crippen molar-refractivity contribution in [2.75, 3.05) is 0 Å². The molecule has 2 heterocycles. The van der Waals surface area contributed by atoms with E-state index >= 15 is 0 Å². The van der Waals surface area contributed by atoms with Crippen LogP contribution in [0.1, 0.15) is 17.2 Å². The third-order valence-electron chi connectivity index (χ3n) is 5.20. The zero-order valence-corrected chi connectivity index (χ0v) is 18.1. The Morgan fingerprint density at radius 1 is 1.09 bits per heavy atom. The standard InChI is InChI=1S/C24H20F3N5O3/c25-24(26,27)22(17-5-7-18(8-6-17)32-10-9-29-14-32)35-21-12-20(30-13-31-21)16-3-1-15(2-4-16)11-19(28)23(33)34/h1-10,12-14,19,22H,11,28H2,(H,33,34)/t19?,22-/m0/s1. The molecule has 0 aliphatic carbocycles. The van der Waals surface area contributed by atoms with Gasteiger partial charge >= 0.3 is 12.1 Å². The highest BCUT2D eigenvalue weighted by Gasteiger charge is 2.43. The van der Waals surface area contributed by atoms with E-state index in [1.807, 2.05) is 0 Å². The topological polar surface area (TPSA) is 116 Å². The molecule has 0 fully saturated rings. The van der Waals surface area contributed by atoms with Gasteiger partial charge in [0.1, 0.15) is 12.4 Å². The predicted molar refractivity (Wildman–Crippen MR) is 120 cm³/mol. The molecule has 8 nitrogen and oxygen atoms in total. The second-order valence-corrected chi connectivity index (χ2v) is 7.69. The van der Waals surface area contributed by atoms with Gasteiger partial charge in [0.15, 0.2) is 0 Å². The average Bonchev–Trinajstić information content (AvgIpc) is 3.38. The number of alkyl halides is 3. The Balaban J connectivity index is 1.54. The number of nitrogens with zero attached hydrogens (tertiary/aromatic N) is 4. The van der Waals surface area contributed by atoms with E-state index < -0.39 is 24.3 Å². The fourth-order valence-corrected chi connectivity index (χ4v) is 3.39. The SMILES string of the molecule is NC(Cc1ccc(-c2cc(O[C@@H](c3ccc(-n4ccnc4)cc3)C(F)(F)F)ncn2)cc1)C(=O)O. The molecule has 4 aromatic rings. The summed E-state index contributed by atoms with van der Waals surface area (Å²) in [6, 6.07) is 12.8. The number of imidazole rings is 1. The Kier molecular flexibility index (Phi) is 6.78. The van der Waals surface area contributed by atoms with Crippen LogP contribution in [-0.4, -0.2) is 42.8 Å². The maximum atomic E-state index is 13.9. The van der Waals surface area contributed by atoms with Gasteiger partial charge < -0.3 is 20.1 Å². The van der Waals surface area contributed by atoms with Gasteiger partial charge in [-0.1, -0.05) is 36.4 Å². The molecule has 1 unspecified atom stereocenters. The Labute approximate surface area is 197 Å². The molecule has 0 aliphatic heterocycles. The number of rotatable bonds is 8. The zero-order chi connectivity index (χ0) is 25.0. The second-order valence-electron chi connectivity index (χ2n) is 7.69. The van der Waals surface area contributed by atoms with Crippen molar-refractivity contribution in [3.8, 4) is 22.8 Å². The highest BCUT2D eigenvalue weighted by Crippen LogP contribution is 2.37. The summed E-state index contributed by atoms with van der Waals surface area (Å²) in [4.78, 5) is 22.8. The van der Waals surface area contributed by atoms with E-state index in [1.54, 1.807) is 59.7 Å². The summed E-state index contributed by atoms with van der Waals surface area (Å²) < 4.78 is 48.5. The molecule has 2 aromatic carbocycles. The molecule has 4 rings (SSSR count). The third kappa shape index (κ3) is 5.82. The number of carboxylic acid groups (broad SMARTS) is 1. The molecular weight excluding hydrogens is 463 g/mol. The maximum Gasteiger partial charge on any atom is 0.429 e. The number of hydrogen-bond acceptors (Lipinski definition) is 6. The summed E-state index contributed by atoms with van der Waals surface area (Å²) in [5, 5.41) is 8.94. The van der Waals surface area contributed by atoms with E-state index in [9.17, 15) is 18.0 Å². The first-order chi connectivity index (χ1) is 16.7. The summed E-state index contributed by atoms with van der Waals surface area (Å²) in [5.41, 5.74) is 7.76. The fourth-order valence-electron chi connectivity index (χ4n) is 3.39. The number of ether oxygens (including phenoxy) is 1. The molecule has 0 saturated carbocycles. The number of aliphatic carboxylic acids is 1. The van der Waals surface area contributed by atoms with E-state index in [-0.39, 0.29) is 17.9 Å². The van der Waals surface area contributed by atoms with Crippen LogP contribution in [0.25, 0.3) is 16.9 Å². The molecule has 0 spiro atoms. The largest absolute Gasteiger partial charge is 0.480 e. The lowest BCUT2D eigenvalue weighted by molar-refractivity contribution is -0.198. The van der Waals surface area contributed by atoms with Crippen LogP contribution in [0.5, 0.6) is 5.88 Å². The molecule has 0 bridgehead atoms. The normalized spacial score (nSPS) is 13.3. The van der Waals surface area contributed by atoms with E-state index in [4.69, 9.17) is 15.6 Å².